The zero-order valence-corrected chi connectivity index (χ0v) is 15.4. The second kappa shape index (κ2) is 8.36. The third kappa shape index (κ3) is 4.37. The Kier molecular flexibility index (Phi) is 5.50. The smallest absolute Gasteiger partial charge is 0.244 e. The van der Waals surface area contributed by atoms with E-state index < -0.39 is 0 Å². The van der Waals surface area contributed by atoms with Gasteiger partial charge in [0.1, 0.15) is 0 Å². The van der Waals surface area contributed by atoms with E-state index in [1.165, 1.54) is 5.56 Å². The molecule has 4 rings (SSSR count). The van der Waals surface area contributed by atoms with Crippen LogP contribution in [0.2, 0.25) is 0 Å². The first-order chi connectivity index (χ1) is 13.3. The molecule has 0 saturated carbocycles. The summed E-state index contributed by atoms with van der Waals surface area (Å²) in [6.07, 6.45) is 1.72. The van der Waals surface area contributed by atoms with Gasteiger partial charge in [0.2, 0.25) is 12.7 Å². The summed E-state index contributed by atoms with van der Waals surface area (Å²) in [7, 11) is 1.67. The second-order valence-corrected chi connectivity index (χ2v) is 6.51. The van der Waals surface area contributed by atoms with Crippen LogP contribution in [-0.4, -0.2) is 73.3 Å². The Balaban J connectivity index is 1.30. The van der Waals surface area contributed by atoms with Crippen LogP contribution in [0.1, 0.15) is 5.56 Å². The number of ether oxygens (including phenoxy) is 3. The van der Waals surface area contributed by atoms with E-state index in [0.717, 1.165) is 50.0 Å². The Morgan fingerprint density at radius 3 is 2.85 bits per heavy atom. The van der Waals surface area contributed by atoms with E-state index in [0.29, 0.717) is 25.9 Å². The van der Waals surface area contributed by atoms with Gasteiger partial charge in [-0.1, -0.05) is 6.07 Å². The third-order valence-electron chi connectivity index (χ3n) is 4.67. The molecule has 0 bridgehead atoms. The van der Waals surface area contributed by atoms with E-state index in [1.807, 2.05) is 6.07 Å². The van der Waals surface area contributed by atoms with Crippen LogP contribution >= 0.6 is 0 Å². The van der Waals surface area contributed by atoms with Crippen molar-refractivity contribution in [3.8, 4) is 11.5 Å². The Morgan fingerprint density at radius 2 is 2.00 bits per heavy atom. The number of rotatable bonds is 7. The van der Waals surface area contributed by atoms with Gasteiger partial charge in [0, 0.05) is 46.4 Å². The zero-order valence-electron chi connectivity index (χ0n) is 15.4. The number of nitrogens with zero attached hydrogens (tertiary/aromatic N) is 5. The van der Waals surface area contributed by atoms with E-state index in [4.69, 9.17) is 14.2 Å². The van der Waals surface area contributed by atoms with Crippen molar-refractivity contribution in [2.75, 3.05) is 63.5 Å². The van der Waals surface area contributed by atoms with Crippen molar-refractivity contribution in [2.45, 2.75) is 6.54 Å². The highest BCUT2D eigenvalue weighted by molar-refractivity contribution is 5.44. The number of nitrogens with one attached hydrogen (secondary N) is 1. The number of hydrogen-bond acceptors (Lipinski definition) is 9. The number of methoxy groups -OCH3 is 1. The van der Waals surface area contributed by atoms with Crippen molar-refractivity contribution in [3.63, 3.8) is 0 Å². The highest BCUT2D eigenvalue weighted by Gasteiger charge is 2.20. The van der Waals surface area contributed by atoms with Gasteiger partial charge < -0.3 is 24.4 Å². The number of hydrogen-bond donors (Lipinski definition) is 1. The van der Waals surface area contributed by atoms with Gasteiger partial charge in [0.25, 0.3) is 0 Å². The third-order valence-corrected chi connectivity index (χ3v) is 4.67. The number of anilines is 2. The molecule has 0 amide bonds. The van der Waals surface area contributed by atoms with Gasteiger partial charge in [-0.3, -0.25) is 4.90 Å². The van der Waals surface area contributed by atoms with Gasteiger partial charge in [-0.25, -0.2) is 0 Å². The zero-order chi connectivity index (χ0) is 18.5. The van der Waals surface area contributed by atoms with Gasteiger partial charge in [-0.2, -0.15) is 10.1 Å². The molecule has 0 radical (unpaired) electrons. The SMILES string of the molecule is COCCNc1nncc(N2CCN(Cc3ccc4c(c3)OCO4)CC2)n1. The lowest BCUT2D eigenvalue weighted by Gasteiger charge is -2.35. The predicted molar refractivity (Wildman–Crippen MR) is 100 cm³/mol. The van der Waals surface area contributed by atoms with Gasteiger partial charge in [-0.15, -0.1) is 5.10 Å². The molecule has 3 heterocycles. The summed E-state index contributed by atoms with van der Waals surface area (Å²) in [5, 5.41) is 11.2. The topological polar surface area (TPSA) is 84.9 Å². The fourth-order valence-electron chi connectivity index (χ4n) is 3.22. The minimum Gasteiger partial charge on any atom is -0.454 e. The monoisotopic (exact) mass is 372 g/mol. The first kappa shape index (κ1) is 17.7. The van der Waals surface area contributed by atoms with Crippen molar-refractivity contribution in [1.29, 1.82) is 0 Å². The molecular formula is C18H24N6O3. The molecule has 0 unspecified atom stereocenters. The highest BCUT2D eigenvalue weighted by atomic mass is 16.7. The van der Waals surface area contributed by atoms with Crippen molar-refractivity contribution >= 4 is 11.8 Å². The summed E-state index contributed by atoms with van der Waals surface area (Å²) >= 11 is 0. The van der Waals surface area contributed by atoms with E-state index in [-0.39, 0.29) is 0 Å². The maximum absolute atomic E-state index is 5.47. The summed E-state index contributed by atoms with van der Waals surface area (Å²) in [6.45, 7) is 6.21. The maximum atomic E-state index is 5.47. The van der Waals surface area contributed by atoms with Crippen LogP contribution in [0.3, 0.4) is 0 Å². The first-order valence-corrected chi connectivity index (χ1v) is 9.10. The van der Waals surface area contributed by atoms with Gasteiger partial charge in [-0.05, 0) is 17.7 Å². The largest absolute Gasteiger partial charge is 0.454 e. The maximum Gasteiger partial charge on any atom is 0.244 e. The molecular weight excluding hydrogens is 348 g/mol. The van der Waals surface area contributed by atoms with E-state index in [1.54, 1.807) is 13.3 Å². The van der Waals surface area contributed by atoms with Crippen LogP contribution in [0.15, 0.2) is 24.4 Å². The summed E-state index contributed by atoms with van der Waals surface area (Å²) in [5.74, 6) is 3.06. The molecule has 27 heavy (non-hydrogen) atoms. The Hall–Kier alpha value is -2.65. The quantitative estimate of drug-likeness (QED) is 0.715. The molecule has 2 aromatic rings. The van der Waals surface area contributed by atoms with Crippen LogP contribution in [0.5, 0.6) is 11.5 Å². The average molecular weight is 372 g/mol. The molecule has 2 aliphatic heterocycles. The summed E-state index contributed by atoms with van der Waals surface area (Å²) in [6, 6.07) is 6.16. The van der Waals surface area contributed by atoms with Crippen molar-refractivity contribution in [1.82, 2.24) is 20.1 Å². The highest BCUT2D eigenvalue weighted by Crippen LogP contribution is 2.32. The minimum absolute atomic E-state index is 0.312. The molecule has 1 fully saturated rings. The van der Waals surface area contributed by atoms with Crippen LogP contribution in [-0.2, 0) is 11.3 Å². The second-order valence-electron chi connectivity index (χ2n) is 6.51. The fourth-order valence-corrected chi connectivity index (χ4v) is 3.22. The standard InChI is InChI=1S/C18H24N6O3/c1-25-9-4-19-18-21-17(11-20-22-18)24-7-5-23(6-8-24)12-14-2-3-15-16(10-14)27-13-26-15/h2-3,10-11H,4-9,12-13H2,1H3,(H,19,21,22). The molecule has 2 aliphatic rings. The van der Waals surface area contributed by atoms with E-state index in [2.05, 4.69) is 42.4 Å². The van der Waals surface area contributed by atoms with Crippen LogP contribution in [0.25, 0.3) is 0 Å². The molecule has 0 atom stereocenters. The Morgan fingerprint density at radius 1 is 1.15 bits per heavy atom. The van der Waals surface area contributed by atoms with Gasteiger partial charge >= 0.3 is 0 Å². The number of fused-ring (bicyclic) bond motifs is 1. The van der Waals surface area contributed by atoms with Crippen molar-refractivity contribution in [2.24, 2.45) is 0 Å². The number of benzene rings is 1. The number of aromatic nitrogens is 3. The predicted octanol–water partition coefficient (Wildman–Crippen LogP) is 0.981. The van der Waals surface area contributed by atoms with Crippen molar-refractivity contribution < 1.29 is 14.2 Å². The van der Waals surface area contributed by atoms with Gasteiger partial charge in [0.15, 0.2) is 17.3 Å². The molecule has 9 heteroatoms. The summed E-state index contributed by atoms with van der Waals surface area (Å²) in [4.78, 5) is 9.23. The fraction of sp³-hybridized carbons (Fsp3) is 0.500. The average Bonchev–Trinajstić information content (AvgIpc) is 3.17. The summed E-state index contributed by atoms with van der Waals surface area (Å²) < 4.78 is 15.9. The Bertz CT molecular complexity index is 767. The van der Waals surface area contributed by atoms with Gasteiger partial charge in [0.05, 0.1) is 12.8 Å². The minimum atomic E-state index is 0.312. The lowest BCUT2D eigenvalue weighted by atomic mass is 10.1. The molecule has 144 valence electrons. The molecule has 9 nitrogen and oxygen atoms in total. The molecule has 1 saturated heterocycles. The van der Waals surface area contributed by atoms with Crippen LogP contribution in [0.4, 0.5) is 11.8 Å². The normalized spacial score (nSPS) is 16.6. The first-order valence-electron chi connectivity index (χ1n) is 9.10. The lowest BCUT2D eigenvalue weighted by Crippen LogP contribution is -2.46. The summed E-state index contributed by atoms with van der Waals surface area (Å²) in [5.41, 5.74) is 1.24. The molecule has 1 aromatic heterocycles. The molecule has 0 aliphatic carbocycles. The van der Waals surface area contributed by atoms with Crippen LogP contribution < -0.4 is 19.7 Å². The Labute approximate surface area is 158 Å². The molecule has 1 N–H and O–H groups in total. The molecule has 1 aromatic carbocycles. The number of piperazine rings is 1. The van der Waals surface area contributed by atoms with E-state index in [9.17, 15) is 0 Å². The van der Waals surface area contributed by atoms with Crippen LogP contribution in [0, 0.1) is 0 Å². The lowest BCUT2D eigenvalue weighted by molar-refractivity contribution is 0.174. The molecule has 0 spiro atoms. The van der Waals surface area contributed by atoms with E-state index >= 15 is 0 Å². The van der Waals surface area contributed by atoms with Crippen molar-refractivity contribution in [3.05, 3.63) is 30.0 Å².